The minimum atomic E-state index is -0.338. The van der Waals surface area contributed by atoms with Gasteiger partial charge in [-0.3, -0.25) is 4.98 Å². The number of fused-ring (bicyclic) bond motifs is 1. The van der Waals surface area contributed by atoms with Crippen LogP contribution in [0.5, 0.6) is 0 Å². The standard InChI is InChI=1S/C14H9NO2/c16-14-11-7-4-8-15-13(11)12(17-14)9-10-5-2-1-3-6-10/h1-9H. The van der Waals surface area contributed by atoms with Gasteiger partial charge in [-0.15, -0.1) is 0 Å². The van der Waals surface area contributed by atoms with Crippen molar-refractivity contribution >= 4 is 17.8 Å². The number of carbonyl (C=O) groups excluding carboxylic acids is 1. The number of ether oxygens (including phenoxy) is 1. The molecule has 0 N–H and O–H groups in total. The molecule has 0 spiro atoms. The minimum absolute atomic E-state index is 0.338. The summed E-state index contributed by atoms with van der Waals surface area (Å²) in [6.45, 7) is 0. The molecule has 0 saturated heterocycles. The SMILES string of the molecule is O=C1OC(=Cc2ccccc2)c2ncccc21. The van der Waals surface area contributed by atoms with E-state index < -0.39 is 0 Å². The van der Waals surface area contributed by atoms with Gasteiger partial charge in [0.2, 0.25) is 0 Å². The van der Waals surface area contributed by atoms with Crippen molar-refractivity contribution in [1.82, 2.24) is 4.98 Å². The smallest absolute Gasteiger partial charge is 0.345 e. The van der Waals surface area contributed by atoms with E-state index >= 15 is 0 Å². The van der Waals surface area contributed by atoms with Crippen LogP contribution in [-0.2, 0) is 4.74 Å². The minimum Gasteiger partial charge on any atom is -0.421 e. The zero-order chi connectivity index (χ0) is 11.7. The molecular weight excluding hydrogens is 214 g/mol. The number of esters is 1. The van der Waals surface area contributed by atoms with Gasteiger partial charge in [0.25, 0.3) is 0 Å². The number of nitrogens with zero attached hydrogens (tertiary/aromatic N) is 1. The molecule has 0 unspecified atom stereocenters. The molecule has 1 aliphatic heterocycles. The van der Waals surface area contributed by atoms with Gasteiger partial charge >= 0.3 is 5.97 Å². The van der Waals surface area contributed by atoms with Crippen LogP contribution in [0.3, 0.4) is 0 Å². The molecule has 1 aromatic heterocycles. The third kappa shape index (κ3) is 1.72. The van der Waals surface area contributed by atoms with Gasteiger partial charge in [0.1, 0.15) is 5.69 Å². The van der Waals surface area contributed by atoms with E-state index in [0.717, 1.165) is 5.56 Å². The molecule has 0 fully saturated rings. The Kier molecular flexibility index (Phi) is 2.22. The summed E-state index contributed by atoms with van der Waals surface area (Å²) in [5, 5.41) is 0. The lowest BCUT2D eigenvalue weighted by Gasteiger charge is -1.97. The second-order valence-electron chi connectivity index (χ2n) is 3.71. The van der Waals surface area contributed by atoms with E-state index in [-0.39, 0.29) is 5.97 Å². The highest BCUT2D eigenvalue weighted by Crippen LogP contribution is 2.28. The average molecular weight is 223 g/mol. The van der Waals surface area contributed by atoms with Crippen LogP contribution >= 0.6 is 0 Å². The first-order valence-corrected chi connectivity index (χ1v) is 5.29. The summed E-state index contributed by atoms with van der Waals surface area (Å²) in [6, 6.07) is 13.1. The Morgan fingerprint density at radius 2 is 1.88 bits per heavy atom. The van der Waals surface area contributed by atoms with Crippen molar-refractivity contribution in [3.63, 3.8) is 0 Å². The molecule has 2 heterocycles. The van der Waals surface area contributed by atoms with Crippen LogP contribution in [-0.4, -0.2) is 11.0 Å². The fraction of sp³-hybridized carbons (Fsp3) is 0. The first kappa shape index (κ1) is 9.78. The van der Waals surface area contributed by atoms with Gasteiger partial charge in [0, 0.05) is 6.20 Å². The fourth-order valence-corrected chi connectivity index (χ4v) is 1.77. The molecular formula is C14H9NO2. The molecule has 0 aliphatic carbocycles. The van der Waals surface area contributed by atoms with Crippen molar-refractivity contribution in [1.29, 1.82) is 0 Å². The lowest BCUT2D eigenvalue weighted by Crippen LogP contribution is -1.92. The third-order valence-corrected chi connectivity index (χ3v) is 2.56. The van der Waals surface area contributed by atoms with E-state index in [0.29, 0.717) is 17.0 Å². The predicted molar refractivity (Wildman–Crippen MR) is 64.0 cm³/mol. The molecule has 3 heteroatoms. The topological polar surface area (TPSA) is 39.2 Å². The molecule has 0 amide bonds. The summed E-state index contributed by atoms with van der Waals surface area (Å²) < 4.78 is 5.20. The Morgan fingerprint density at radius 1 is 1.06 bits per heavy atom. The normalized spacial score (nSPS) is 15.8. The lowest BCUT2D eigenvalue weighted by atomic mass is 10.1. The van der Waals surface area contributed by atoms with Gasteiger partial charge in [-0.2, -0.15) is 0 Å². The van der Waals surface area contributed by atoms with Crippen LogP contribution in [0.15, 0.2) is 48.7 Å². The number of hydrogen-bond donors (Lipinski definition) is 0. The van der Waals surface area contributed by atoms with Crippen LogP contribution in [0, 0.1) is 0 Å². The van der Waals surface area contributed by atoms with E-state index in [2.05, 4.69) is 4.98 Å². The zero-order valence-corrected chi connectivity index (χ0v) is 8.96. The quantitative estimate of drug-likeness (QED) is 0.698. The first-order valence-electron chi connectivity index (χ1n) is 5.29. The second-order valence-corrected chi connectivity index (χ2v) is 3.71. The molecule has 0 bridgehead atoms. The van der Waals surface area contributed by atoms with E-state index in [9.17, 15) is 4.79 Å². The molecule has 1 aromatic carbocycles. The van der Waals surface area contributed by atoms with Gasteiger partial charge in [-0.25, -0.2) is 4.79 Å². The number of hydrogen-bond acceptors (Lipinski definition) is 3. The second kappa shape index (κ2) is 3.87. The lowest BCUT2D eigenvalue weighted by molar-refractivity contribution is 0.0717. The Morgan fingerprint density at radius 3 is 2.71 bits per heavy atom. The predicted octanol–water partition coefficient (Wildman–Crippen LogP) is 2.75. The van der Waals surface area contributed by atoms with Crippen molar-refractivity contribution in [3.8, 4) is 0 Å². The Bertz CT molecular complexity index is 603. The number of benzene rings is 1. The van der Waals surface area contributed by atoms with Crippen LogP contribution in [0.4, 0.5) is 0 Å². The van der Waals surface area contributed by atoms with Gasteiger partial charge in [0.15, 0.2) is 5.76 Å². The number of rotatable bonds is 1. The summed E-state index contributed by atoms with van der Waals surface area (Å²) in [7, 11) is 0. The van der Waals surface area contributed by atoms with Gasteiger partial charge in [-0.1, -0.05) is 30.3 Å². The van der Waals surface area contributed by atoms with Crippen molar-refractivity contribution in [2.75, 3.05) is 0 Å². The van der Waals surface area contributed by atoms with E-state index in [1.54, 1.807) is 18.3 Å². The summed E-state index contributed by atoms with van der Waals surface area (Å²) in [6.07, 6.45) is 3.47. The summed E-state index contributed by atoms with van der Waals surface area (Å²) in [4.78, 5) is 15.7. The van der Waals surface area contributed by atoms with Crippen molar-refractivity contribution < 1.29 is 9.53 Å². The average Bonchev–Trinajstić information content (AvgIpc) is 2.69. The maximum absolute atomic E-state index is 11.6. The zero-order valence-electron chi connectivity index (χ0n) is 8.96. The maximum Gasteiger partial charge on any atom is 0.345 e. The van der Waals surface area contributed by atoms with E-state index in [4.69, 9.17) is 4.74 Å². The molecule has 0 radical (unpaired) electrons. The highest BCUT2D eigenvalue weighted by atomic mass is 16.5. The molecule has 1 aliphatic rings. The molecule has 3 nitrogen and oxygen atoms in total. The first-order chi connectivity index (χ1) is 8.34. The Labute approximate surface area is 98.4 Å². The fourth-order valence-electron chi connectivity index (χ4n) is 1.77. The maximum atomic E-state index is 11.6. The summed E-state index contributed by atoms with van der Waals surface area (Å²) in [5.74, 6) is 0.173. The van der Waals surface area contributed by atoms with Crippen molar-refractivity contribution in [2.24, 2.45) is 0 Å². The van der Waals surface area contributed by atoms with E-state index in [1.807, 2.05) is 36.4 Å². The monoisotopic (exact) mass is 223 g/mol. The molecule has 2 aromatic rings. The highest BCUT2D eigenvalue weighted by Gasteiger charge is 2.27. The Balaban J connectivity index is 2.08. The Hall–Kier alpha value is -2.42. The largest absolute Gasteiger partial charge is 0.421 e. The van der Waals surface area contributed by atoms with Crippen molar-refractivity contribution in [2.45, 2.75) is 0 Å². The van der Waals surface area contributed by atoms with Crippen LogP contribution < -0.4 is 0 Å². The molecule has 0 saturated carbocycles. The van der Waals surface area contributed by atoms with Gasteiger partial charge in [0.05, 0.1) is 5.56 Å². The molecule has 82 valence electrons. The number of pyridine rings is 1. The third-order valence-electron chi connectivity index (χ3n) is 2.56. The number of cyclic esters (lactones) is 1. The summed E-state index contributed by atoms with van der Waals surface area (Å²) in [5.41, 5.74) is 2.12. The van der Waals surface area contributed by atoms with Crippen LogP contribution in [0.2, 0.25) is 0 Å². The number of aromatic nitrogens is 1. The van der Waals surface area contributed by atoms with E-state index in [1.165, 1.54) is 0 Å². The highest BCUT2D eigenvalue weighted by molar-refractivity contribution is 6.04. The van der Waals surface area contributed by atoms with Crippen LogP contribution in [0.1, 0.15) is 21.6 Å². The van der Waals surface area contributed by atoms with Gasteiger partial charge in [-0.05, 0) is 23.8 Å². The van der Waals surface area contributed by atoms with Crippen LogP contribution in [0.25, 0.3) is 11.8 Å². The molecule has 0 atom stereocenters. The van der Waals surface area contributed by atoms with Crippen molar-refractivity contribution in [3.05, 3.63) is 65.5 Å². The summed E-state index contributed by atoms with van der Waals surface area (Å²) >= 11 is 0. The molecule has 17 heavy (non-hydrogen) atoms. The molecule has 3 rings (SSSR count). The van der Waals surface area contributed by atoms with Gasteiger partial charge < -0.3 is 4.74 Å². The number of carbonyl (C=O) groups is 1.